The minimum atomic E-state index is 0. The number of likely N-dealkylation sites (tertiary alicyclic amines) is 1. The van der Waals surface area contributed by atoms with Gasteiger partial charge < -0.3 is 22.0 Å². The van der Waals surface area contributed by atoms with Gasteiger partial charge in [-0.2, -0.15) is 0 Å². The lowest BCUT2D eigenvalue weighted by Gasteiger charge is -2.29. The van der Waals surface area contributed by atoms with E-state index in [9.17, 15) is 0 Å². The highest BCUT2D eigenvalue weighted by Crippen LogP contribution is 2.25. The molecule has 2 aromatic carbocycles. The molecule has 0 radical (unpaired) electrons. The second kappa shape index (κ2) is 10.5. The molecule has 3 rings (SSSR count). The van der Waals surface area contributed by atoms with Crippen LogP contribution in [0.5, 0.6) is 5.75 Å². The molecule has 1 fully saturated rings. The van der Waals surface area contributed by atoms with E-state index in [1.54, 1.807) is 12.0 Å². The summed E-state index contributed by atoms with van der Waals surface area (Å²) in [4.78, 5) is 1.80. The second-order valence-electron chi connectivity index (χ2n) is 6.99. The Labute approximate surface area is 158 Å². The summed E-state index contributed by atoms with van der Waals surface area (Å²) in [5.41, 5.74) is 2.96. The van der Waals surface area contributed by atoms with Crippen LogP contribution in [0.3, 0.4) is 0 Å². The molecule has 25 heavy (non-hydrogen) atoms. The van der Waals surface area contributed by atoms with E-state index in [0.29, 0.717) is 0 Å². The Bertz CT molecular complexity index is 591. The first-order valence-corrected chi connectivity index (χ1v) is 9.36. The molecule has 0 saturated carbocycles. The molecule has 0 unspecified atom stereocenters. The van der Waals surface area contributed by atoms with Crippen LogP contribution in [-0.4, -0.2) is 26.7 Å². The zero-order valence-corrected chi connectivity index (χ0v) is 16.0. The van der Waals surface area contributed by atoms with Gasteiger partial charge in [0.1, 0.15) is 5.75 Å². The SMILES string of the molecule is COc1ccc(C2CC[NH+](CCCCc3ccccc3)CC2)cc1.[Cl-]. The average Bonchev–Trinajstić information content (AvgIpc) is 2.67. The molecule has 1 aliphatic rings. The number of benzene rings is 2. The fourth-order valence-corrected chi connectivity index (χ4v) is 3.83. The Morgan fingerprint density at radius 2 is 1.60 bits per heavy atom. The minimum Gasteiger partial charge on any atom is -1.00 e. The van der Waals surface area contributed by atoms with Gasteiger partial charge in [-0.15, -0.1) is 0 Å². The van der Waals surface area contributed by atoms with Crippen LogP contribution in [-0.2, 0) is 6.42 Å². The van der Waals surface area contributed by atoms with Gasteiger partial charge in [-0.25, -0.2) is 0 Å². The molecule has 0 aliphatic carbocycles. The third kappa shape index (κ3) is 6.05. The molecule has 0 spiro atoms. The lowest BCUT2D eigenvalue weighted by molar-refractivity contribution is -0.905. The van der Waals surface area contributed by atoms with Crippen molar-refractivity contribution in [3.8, 4) is 5.75 Å². The van der Waals surface area contributed by atoms with Crippen LogP contribution < -0.4 is 22.0 Å². The maximum Gasteiger partial charge on any atom is 0.118 e. The lowest BCUT2D eigenvalue weighted by Crippen LogP contribution is -3.13. The van der Waals surface area contributed by atoms with Gasteiger partial charge in [0.05, 0.1) is 26.7 Å². The van der Waals surface area contributed by atoms with Crippen molar-refractivity contribution in [2.75, 3.05) is 26.7 Å². The molecular weight excluding hydrogens is 330 g/mol. The number of nitrogens with one attached hydrogen (secondary N) is 1. The van der Waals surface area contributed by atoms with Gasteiger partial charge in [-0.05, 0) is 48.4 Å². The van der Waals surface area contributed by atoms with Crippen molar-refractivity contribution in [3.63, 3.8) is 0 Å². The number of halogens is 1. The number of methoxy groups -OCH3 is 1. The highest BCUT2D eigenvalue weighted by atomic mass is 35.5. The summed E-state index contributed by atoms with van der Waals surface area (Å²) in [5, 5.41) is 0. The van der Waals surface area contributed by atoms with E-state index in [0.717, 1.165) is 11.7 Å². The monoisotopic (exact) mass is 359 g/mol. The Morgan fingerprint density at radius 1 is 0.920 bits per heavy atom. The van der Waals surface area contributed by atoms with Gasteiger partial charge in [-0.1, -0.05) is 42.5 Å². The van der Waals surface area contributed by atoms with Crippen LogP contribution in [0, 0.1) is 0 Å². The second-order valence-corrected chi connectivity index (χ2v) is 6.99. The van der Waals surface area contributed by atoms with Crippen LogP contribution in [0.1, 0.15) is 42.7 Å². The molecule has 1 aliphatic heterocycles. The van der Waals surface area contributed by atoms with Crippen LogP contribution in [0.15, 0.2) is 54.6 Å². The number of ether oxygens (including phenoxy) is 1. The number of hydrogen-bond donors (Lipinski definition) is 1. The normalized spacial score (nSPS) is 19.9. The number of unbranched alkanes of at least 4 members (excludes halogenated alkanes) is 1. The van der Waals surface area contributed by atoms with Gasteiger partial charge in [-0.3, -0.25) is 0 Å². The van der Waals surface area contributed by atoms with Crippen molar-refractivity contribution in [1.29, 1.82) is 0 Å². The van der Waals surface area contributed by atoms with Gasteiger partial charge in [0.15, 0.2) is 0 Å². The molecule has 2 nitrogen and oxygen atoms in total. The fraction of sp³-hybridized carbons (Fsp3) is 0.455. The first-order chi connectivity index (χ1) is 11.8. The van der Waals surface area contributed by atoms with Gasteiger partial charge in [0.2, 0.25) is 0 Å². The maximum atomic E-state index is 5.26. The number of piperidine rings is 1. The number of hydrogen-bond acceptors (Lipinski definition) is 1. The summed E-state index contributed by atoms with van der Waals surface area (Å²) in [6, 6.07) is 19.6. The standard InChI is InChI=1S/C22H29NO.ClH/c1-24-22-12-10-20(11-13-22)21-14-17-23(18-15-21)16-6-5-9-19-7-3-2-4-8-19;/h2-4,7-8,10-13,21H,5-6,9,14-18H2,1H3;1H. The summed E-state index contributed by atoms with van der Waals surface area (Å²) in [6.45, 7) is 3.98. The number of aryl methyl sites for hydroxylation is 1. The van der Waals surface area contributed by atoms with Crippen molar-refractivity contribution >= 4 is 0 Å². The van der Waals surface area contributed by atoms with Gasteiger partial charge in [0, 0.05) is 12.8 Å². The molecule has 0 atom stereocenters. The third-order valence-corrected chi connectivity index (χ3v) is 5.37. The van der Waals surface area contributed by atoms with E-state index >= 15 is 0 Å². The third-order valence-electron chi connectivity index (χ3n) is 5.37. The molecule has 1 saturated heterocycles. The molecule has 1 heterocycles. The molecule has 0 aromatic heterocycles. The van der Waals surface area contributed by atoms with Gasteiger partial charge in [0.25, 0.3) is 0 Å². The van der Waals surface area contributed by atoms with E-state index in [1.165, 1.54) is 62.9 Å². The highest BCUT2D eigenvalue weighted by molar-refractivity contribution is 5.29. The van der Waals surface area contributed by atoms with E-state index in [1.807, 2.05) is 0 Å². The van der Waals surface area contributed by atoms with Crippen molar-refractivity contribution in [2.45, 2.75) is 38.0 Å². The summed E-state index contributed by atoms with van der Waals surface area (Å²) in [7, 11) is 1.73. The summed E-state index contributed by atoms with van der Waals surface area (Å²) >= 11 is 0. The summed E-state index contributed by atoms with van der Waals surface area (Å²) in [6.07, 6.45) is 6.52. The molecular formula is C22H30ClNO. The zero-order valence-electron chi connectivity index (χ0n) is 15.2. The number of quaternary nitrogens is 1. The predicted molar refractivity (Wildman–Crippen MR) is 99.9 cm³/mol. The Morgan fingerprint density at radius 3 is 2.24 bits per heavy atom. The lowest BCUT2D eigenvalue weighted by atomic mass is 9.89. The smallest absolute Gasteiger partial charge is 0.118 e. The van der Waals surface area contributed by atoms with Crippen LogP contribution in [0.25, 0.3) is 0 Å². The quantitative estimate of drug-likeness (QED) is 0.710. The fourth-order valence-electron chi connectivity index (χ4n) is 3.83. The minimum absolute atomic E-state index is 0. The average molecular weight is 360 g/mol. The Kier molecular flexibility index (Phi) is 8.30. The summed E-state index contributed by atoms with van der Waals surface area (Å²) in [5.74, 6) is 1.70. The molecule has 136 valence electrons. The predicted octanol–water partition coefficient (Wildman–Crippen LogP) is 0.484. The molecule has 3 heteroatoms. The maximum absolute atomic E-state index is 5.26. The van der Waals surface area contributed by atoms with Crippen molar-refractivity contribution < 1.29 is 22.0 Å². The molecule has 2 aromatic rings. The summed E-state index contributed by atoms with van der Waals surface area (Å²) < 4.78 is 5.26. The Hall–Kier alpha value is -1.51. The topological polar surface area (TPSA) is 13.7 Å². The molecule has 0 bridgehead atoms. The van der Waals surface area contributed by atoms with E-state index in [4.69, 9.17) is 4.74 Å². The van der Waals surface area contributed by atoms with Gasteiger partial charge >= 0.3 is 0 Å². The van der Waals surface area contributed by atoms with Crippen molar-refractivity contribution in [2.24, 2.45) is 0 Å². The van der Waals surface area contributed by atoms with Crippen LogP contribution in [0.4, 0.5) is 0 Å². The molecule has 1 N–H and O–H groups in total. The Balaban J connectivity index is 0.00000225. The highest BCUT2D eigenvalue weighted by Gasteiger charge is 2.22. The number of rotatable bonds is 7. The first-order valence-electron chi connectivity index (χ1n) is 9.36. The zero-order chi connectivity index (χ0) is 16.6. The van der Waals surface area contributed by atoms with E-state index in [-0.39, 0.29) is 12.4 Å². The molecule has 0 amide bonds. The van der Waals surface area contributed by atoms with E-state index < -0.39 is 0 Å². The van der Waals surface area contributed by atoms with E-state index in [2.05, 4.69) is 54.6 Å². The van der Waals surface area contributed by atoms with Crippen molar-refractivity contribution in [1.82, 2.24) is 0 Å². The largest absolute Gasteiger partial charge is 1.00 e. The first kappa shape index (κ1) is 19.8. The van der Waals surface area contributed by atoms with Crippen LogP contribution >= 0.6 is 0 Å². The van der Waals surface area contributed by atoms with Crippen molar-refractivity contribution in [3.05, 3.63) is 65.7 Å². The van der Waals surface area contributed by atoms with Crippen LogP contribution in [0.2, 0.25) is 0 Å².